The Morgan fingerprint density at radius 1 is 1.33 bits per heavy atom. The summed E-state index contributed by atoms with van der Waals surface area (Å²) in [6, 6.07) is 4.31. The number of nitrogens with two attached hydrogens (primary N) is 1. The van der Waals surface area contributed by atoms with Gasteiger partial charge in [-0.2, -0.15) is 4.31 Å². The fraction of sp³-hybridized carbons (Fsp3) is 0.500. The Labute approximate surface area is 137 Å². The number of benzene rings is 1. The molecule has 0 spiro atoms. The van der Waals surface area contributed by atoms with Gasteiger partial charge in [0.1, 0.15) is 4.99 Å². The predicted molar refractivity (Wildman–Crippen MR) is 91.2 cm³/mol. The molecule has 0 aliphatic rings. The lowest BCUT2D eigenvalue weighted by Crippen LogP contribution is -2.39. The van der Waals surface area contributed by atoms with Crippen LogP contribution in [0.15, 0.2) is 23.1 Å². The van der Waals surface area contributed by atoms with Crippen molar-refractivity contribution in [1.82, 2.24) is 4.31 Å². The monoisotopic (exact) mass is 348 g/mol. The van der Waals surface area contributed by atoms with Gasteiger partial charge in [0.2, 0.25) is 10.0 Å². The third kappa shape index (κ3) is 4.39. The average Bonchev–Trinajstić information content (AvgIpc) is 2.34. The van der Waals surface area contributed by atoms with E-state index in [1.165, 1.54) is 16.4 Å². The van der Waals surface area contributed by atoms with Crippen molar-refractivity contribution in [2.45, 2.75) is 38.6 Å². The van der Waals surface area contributed by atoms with Gasteiger partial charge in [0.05, 0.1) is 9.92 Å². The first-order valence-electron chi connectivity index (χ1n) is 6.68. The highest BCUT2D eigenvalue weighted by Crippen LogP contribution is 2.25. The molecule has 1 aromatic rings. The zero-order chi connectivity index (χ0) is 16.4. The number of nitrogens with zero attached hydrogens (tertiary/aromatic N) is 1. The Balaban J connectivity index is 3.29. The van der Waals surface area contributed by atoms with Gasteiger partial charge in [0.15, 0.2) is 0 Å². The smallest absolute Gasteiger partial charge is 0.243 e. The summed E-state index contributed by atoms with van der Waals surface area (Å²) in [5, 5.41) is 0.247. The van der Waals surface area contributed by atoms with Crippen LogP contribution in [-0.2, 0) is 10.0 Å². The van der Waals surface area contributed by atoms with Crippen molar-refractivity contribution in [2.75, 3.05) is 6.54 Å². The van der Waals surface area contributed by atoms with Crippen molar-refractivity contribution in [3.05, 3.63) is 28.8 Å². The van der Waals surface area contributed by atoms with Gasteiger partial charge in [-0.15, -0.1) is 0 Å². The number of hydrogen-bond donors (Lipinski definition) is 1. The van der Waals surface area contributed by atoms with E-state index in [0.717, 1.165) is 0 Å². The molecular weight excluding hydrogens is 328 g/mol. The highest BCUT2D eigenvalue weighted by molar-refractivity contribution is 7.89. The largest absolute Gasteiger partial charge is 0.389 e. The van der Waals surface area contributed by atoms with Crippen molar-refractivity contribution in [2.24, 2.45) is 11.7 Å². The standard InChI is InChI=1S/C14H21ClN2O2S2/c1-9(2)8-17(10(3)4)21(18,19)11-5-6-12(14(16)20)13(15)7-11/h5-7,9-10H,8H2,1-4H3,(H2,16,20). The molecule has 0 saturated heterocycles. The van der Waals surface area contributed by atoms with Crippen LogP contribution in [0.25, 0.3) is 0 Å². The van der Waals surface area contributed by atoms with Gasteiger partial charge in [-0.3, -0.25) is 0 Å². The van der Waals surface area contributed by atoms with Crippen LogP contribution in [0.4, 0.5) is 0 Å². The third-order valence-corrected chi connectivity index (χ3v) is 5.50. The lowest BCUT2D eigenvalue weighted by atomic mass is 10.2. The maximum atomic E-state index is 12.7. The molecule has 2 N–H and O–H groups in total. The minimum atomic E-state index is -3.60. The number of halogens is 1. The first-order chi connectivity index (χ1) is 9.57. The van der Waals surface area contributed by atoms with E-state index in [0.29, 0.717) is 12.1 Å². The van der Waals surface area contributed by atoms with Crippen molar-refractivity contribution in [3.8, 4) is 0 Å². The predicted octanol–water partition coefficient (Wildman–Crippen LogP) is 3.03. The summed E-state index contributed by atoms with van der Waals surface area (Å²) in [5.74, 6) is 0.230. The maximum Gasteiger partial charge on any atom is 0.243 e. The molecule has 0 atom stereocenters. The van der Waals surface area contributed by atoms with E-state index < -0.39 is 10.0 Å². The average molecular weight is 349 g/mol. The maximum absolute atomic E-state index is 12.7. The molecule has 0 aliphatic carbocycles. The zero-order valence-electron chi connectivity index (χ0n) is 12.6. The van der Waals surface area contributed by atoms with Crippen LogP contribution in [0.3, 0.4) is 0 Å². The van der Waals surface area contributed by atoms with Crippen molar-refractivity contribution >= 4 is 38.8 Å². The quantitative estimate of drug-likeness (QED) is 0.802. The Hall–Kier alpha value is -0.690. The van der Waals surface area contributed by atoms with E-state index in [-0.39, 0.29) is 26.9 Å². The molecule has 7 heteroatoms. The highest BCUT2D eigenvalue weighted by atomic mass is 35.5. The summed E-state index contributed by atoms with van der Waals surface area (Å²) >= 11 is 10.9. The van der Waals surface area contributed by atoms with Gasteiger partial charge in [0.25, 0.3) is 0 Å². The number of rotatable bonds is 6. The number of hydrogen-bond acceptors (Lipinski definition) is 3. The fourth-order valence-electron chi connectivity index (χ4n) is 1.94. The van der Waals surface area contributed by atoms with Crippen molar-refractivity contribution in [1.29, 1.82) is 0 Å². The van der Waals surface area contributed by atoms with Crippen molar-refractivity contribution in [3.63, 3.8) is 0 Å². The molecule has 1 rings (SSSR count). The number of sulfonamides is 1. The van der Waals surface area contributed by atoms with Crippen LogP contribution in [0.5, 0.6) is 0 Å². The lowest BCUT2D eigenvalue weighted by Gasteiger charge is -2.27. The first-order valence-corrected chi connectivity index (χ1v) is 8.91. The second-order valence-electron chi connectivity index (χ2n) is 5.57. The third-order valence-electron chi connectivity index (χ3n) is 2.93. The molecule has 0 saturated carbocycles. The van der Waals surface area contributed by atoms with Gasteiger partial charge in [-0.1, -0.05) is 37.7 Å². The van der Waals surface area contributed by atoms with Crippen LogP contribution in [0.1, 0.15) is 33.3 Å². The normalized spacial score (nSPS) is 12.4. The van der Waals surface area contributed by atoms with Crippen LogP contribution >= 0.6 is 23.8 Å². The van der Waals surface area contributed by atoms with Gasteiger partial charge < -0.3 is 5.73 Å². The summed E-state index contributed by atoms with van der Waals surface area (Å²) in [6.07, 6.45) is 0. The van der Waals surface area contributed by atoms with Gasteiger partial charge in [-0.05, 0) is 38.0 Å². The SMILES string of the molecule is CC(C)CN(C(C)C)S(=O)(=O)c1ccc(C(N)=S)c(Cl)c1. The zero-order valence-corrected chi connectivity index (χ0v) is 15.0. The van der Waals surface area contributed by atoms with E-state index in [1.54, 1.807) is 6.07 Å². The summed E-state index contributed by atoms with van der Waals surface area (Å²) in [4.78, 5) is 0.300. The first kappa shape index (κ1) is 18.4. The second-order valence-corrected chi connectivity index (χ2v) is 8.31. The van der Waals surface area contributed by atoms with Gasteiger partial charge in [-0.25, -0.2) is 8.42 Å². The molecule has 1 aromatic carbocycles. The molecule has 0 radical (unpaired) electrons. The summed E-state index contributed by atoms with van der Waals surface area (Å²) in [6.45, 7) is 8.12. The second kappa shape index (κ2) is 7.05. The van der Waals surface area contributed by atoms with Crippen LogP contribution in [-0.4, -0.2) is 30.3 Å². The Bertz CT molecular complexity index is 628. The molecule has 21 heavy (non-hydrogen) atoms. The molecule has 0 aliphatic heterocycles. The molecule has 0 unspecified atom stereocenters. The molecule has 0 amide bonds. The highest BCUT2D eigenvalue weighted by Gasteiger charge is 2.28. The van der Waals surface area contributed by atoms with Crippen LogP contribution in [0, 0.1) is 5.92 Å². The Morgan fingerprint density at radius 3 is 2.29 bits per heavy atom. The van der Waals surface area contributed by atoms with E-state index in [9.17, 15) is 8.42 Å². The molecule has 0 bridgehead atoms. The van der Waals surface area contributed by atoms with Gasteiger partial charge in [0, 0.05) is 18.2 Å². The Morgan fingerprint density at radius 2 is 1.90 bits per heavy atom. The summed E-state index contributed by atoms with van der Waals surface area (Å²) in [5.41, 5.74) is 6.01. The van der Waals surface area contributed by atoms with E-state index in [2.05, 4.69) is 0 Å². The summed E-state index contributed by atoms with van der Waals surface area (Å²) in [7, 11) is -3.60. The molecule has 4 nitrogen and oxygen atoms in total. The fourth-order valence-corrected chi connectivity index (χ4v) is 4.35. The van der Waals surface area contributed by atoms with E-state index in [1.807, 2.05) is 27.7 Å². The van der Waals surface area contributed by atoms with Gasteiger partial charge >= 0.3 is 0 Å². The van der Waals surface area contributed by atoms with Crippen LogP contribution in [0.2, 0.25) is 5.02 Å². The molecule has 0 heterocycles. The van der Waals surface area contributed by atoms with E-state index in [4.69, 9.17) is 29.6 Å². The molecule has 118 valence electrons. The molecular formula is C14H21ClN2O2S2. The minimum Gasteiger partial charge on any atom is -0.389 e. The molecule has 0 fully saturated rings. The topological polar surface area (TPSA) is 63.4 Å². The summed E-state index contributed by atoms with van der Waals surface area (Å²) < 4.78 is 27.0. The van der Waals surface area contributed by atoms with Crippen LogP contribution < -0.4 is 5.73 Å². The number of thiocarbonyl (C=S) groups is 1. The van der Waals surface area contributed by atoms with Crippen molar-refractivity contribution < 1.29 is 8.42 Å². The minimum absolute atomic E-state index is 0.133. The Kier molecular flexibility index (Phi) is 6.16. The van der Waals surface area contributed by atoms with E-state index >= 15 is 0 Å². The lowest BCUT2D eigenvalue weighted by molar-refractivity contribution is 0.319. The molecule has 0 aromatic heterocycles.